The van der Waals surface area contributed by atoms with E-state index in [1.54, 1.807) is 0 Å². The first-order chi connectivity index (χ1) is 9.00. The number of amides is 1. The molecule has 0 bridgehead atoms. The van der Waals surface area contributed by atoms with E-state index in [2.05, 4.69) is 13.8 Å². The van der Waals surface area contributed by atoms with Crippen molar-refractivity contribution in [2.75, 3.05) is 6.54 Å². The molecule has 104 valence electrons. The Morgan fingerprint density at radius 1 is 1.32 bits per heavy atom. The number of piperidine rings is 1. The minimum Gasteiger partial charge on any atom is -0.338 e. The third kappa shape index (κ3) is 2.98. The summed E-state index contributed by atoms with van der Waals surface area (Å²) in [4.78, 5) is 14.5. The molecule has 3 nitrogen and oxygen atoms in total. The molecule has 2 rings (SSSR count). The molecule has 1 aliphatic heterocycles. The molecule has 3 heteroatoms. The molecule has 1 amide bonds. The average Bonchev–Trinajstić information content (AvgIpc) is 2.41. The highest BCUT2D eigenvalue weighted by molar-refractivity contribution is 5.83. The maximum Gasteiger partial charge on any atom is 0.244 e. The van der Waals surface area contributed by atoms with E-state index in [4.69, 9.17) is 5.73 Å². The van der Waals surface area contributed by atoms with Crippen molar-refractivity contribution in [2.45, 2.75) is 45.7 Å². The van der Waals surface area contributed by atoms with E-state index in [1.165, 1.54) is 12.0 Å². The molecule has 19 heavy (non-hydrogen) atoms. The van der Waals surface area contributed by atoms with Crippen molar-refractivity contribution in [3.05, 3.63) is 35.4 Å². The Balaban J connectivity index is 2.12. The molecule has 1 heterocycles. The van der Waals surface area contributed by atoms with Crippen LogP contribution < -0.4 is 5.73 Å². The van der Waals surface area contributed by atoms with Crippen LogP contribution in [0.4, 0.5) is 0 Å². The van der Waals surface area contributed by atoms with Crippen LogP contribution in [0.1, 0.15) is 43.9 Å². The summed E-state index contributed by atoms with van der Waals surface area (Å²) in [6, 6.07) is 7.67. The van der Waals surface area contributed by atoms with Gasteiger partial charge in [0.15, 0.2) is 0 Å². The summed E-state index contributed by atoms with van der Waals surface area (Å²) in [6.07, 6.45) is 2.28. The predicted octanol–water partition coefficient (Wildman–Crippen LogP) is 2.64. The van der Waals surface area contributed by atoms with E-state index in [9.17, 15) is 4.79 Å². The van der Waals surface area contributed by atoms with Gasteiger partial charge in [0.05, 0.1) is 0 Å². The maximum absolute atomic E-state index is 12.5. The third-order valence-electron chi connectivity index (χ3n) is 4.36. The van der Waals surface area contributed by atoms with Gasteiger partial charge in [-0.2, -0.15) is 0 Å². The fourth-order valence-electron chi connectivity index (χ4n) is 2.74. The normalized spacial score (nSPS) is 25.2. The molecule has 3 atom stereocenters. The zero-order chi connectivity index (χ0) is 14.0. The van der Waals surface area contributed by atoms with E-state index in [0.29, 0.717) is 5.92 Å². The van der Waals surface area contributed by atoms with Crippen molar-refractivity contribution in [3.63, 3.8) is 0 Å². The molecule has 3 unspecified atom stereocenters. The minimum absolute atomic E-state index is 0.0582. The summed E-state index contributed by atoms with van der Waals surface area (Å²) in [5.41, 5.74) is 8.22. The van der Waals surface area contributed by atoms with Gasteiger partial charge in [-0.05, 0) is 38.2 Å². The van der Waals surface area contributed by atoms with Crippen LogP contribution in [-0.4, -0.2) is 23.4 Å². The second-order valence-corrected chi connectivity index (χ2v) is 5.78. The van der Waals surface area contributed by atoms with E-state index in [1.807, 2.05) is 36.1 Å². The highest BCUT2D eigenvalue weighted by Crippen LogP contribution is 2.25. The van der Waals surface area contributed by atoms with E-state index >= 15 is 0 Å². The number of carbonyl (C=O) groups is 1. The summed E-state index contributed by atoms with van der Waals surface area (Å²) in [6.45, 7) is 7.21. The number of benzene rings is 1. The van der Waals surface area contributed by atoms with E-state index in [0.717, 1.165) is 18.5 Å². The highest BCUT2D eigenvalue weighted by Gasteiger charge is 2.31. The van der Waals surface area contributed by atoms with Gasteiger partial charge in [-0.25, -0.2) is 0 Å². The molecule has 1 aromatic rings. The number of nitrogens with zero attached hydrogens (tertiary/aromatic N) is 1. The summed E-state index contributed by atoms with van der Waals surface area (Å²) in [5.74, 6) is 0.617. The number of rotatable bonds is 2. The summed E-state index contributed by atoms with van der Waals surface area (Å²) < 4.78 is 0. The molecule has 0 spiro atoms. The van der Waals surface area contributed by atoms with E-state index < -0.39 is 6.04 Å². The average molecular weight is 260 g/mol. The first kappa shape index (κ1) is 14.1. The van der Waals surface area contributed by atoms with Crippen LogP contribution in [0.2, 0.25) is 0 Å². The lowest BCUT2D eigenvalue weighted by Crippen LogP contribution is -2.49. The van der Waals surface area contributed by atoms with Crippen LogP contribution >= 0.6 is 0 Å². The number of hydrogen-bond donors (Lipinski definition) is 1. The molecular weight excluding hydrogens is 236 g/mol. The van der Waals surface area contributed by atoms with Crippen LogP contribution in [0.15, 0.2) is 24.3 Å². The van der Waals surface area contributed by atoms with Gasteiger partial charge in [-0.3, -0.25) is 4.79 Å². The van der Waals surface area contributed by atoms with Crippen molar-refractivity contribution in [3.8, 4) is 0 Å². The molecule has 0 aliphatic carbocycles. The lowest BCUT2D eigenvalue weighted by Gasteiger charge is -2.39. The second kappa shape index (κ2) is 5.74. The van der Waals surface area contributed by atoms with Crippen molar-refractivity contribution < 1.29 is 4.79 Å². The standard InChI is InChI=1S/C16H24N2O/c1-11-6-8-14(9-7-11)15(17)16(19)18-10-4-5-12(2)13(18)3/h6-9,12-13,15H,4-5,10,17H2,1-3H3. The number of carbonyl (C=O) groups excluding carboxylic acids is 1. The van der Waals surface area contributed by atoms with Crippen molar-refractivity contribution >= 4 is 5.91 Å². The topological polar surface area (TPSA) is 46.3 Å². The molecule has 1 fully saturated rings. The molecular formula is C16H24N2O. The van der Waals surface area contributed by atoms with Gasteiger partial charge >= 0.3 is 0 Å². The van der Waals surface area contributed by atoms with Crippen molar-refractivity contribution in [2.24, 2.45) is 11.7 Å². The number of nitrogens with two attached hydrogens (primary N) is 1. The molecule has 0 saturated carbocycles. The van der Waals surface area contributed by atoms with Gasteiger partial charge in [0.25, 0.3) is 0 Å². The van der Waals surface area contributed by atoms with Gasteiger partial charge in [-0.15, -0.1) is 0 Å². The van der Waals surface area contributed by atoms with Crippen LogP contribution in [0, 0.1) is 12.8 Å². The fourth-order valence-corrected chi connectivity index (χ4v) is 2.74. The third-order valence-corrected chi connectivity index (χ3v) is 4.36. The van der Waals surface area contributed by atoms with Crippen LogP contribution in [-0.2, 0) is 4.79 Å². The first-order valence-electron chi connectivity index (χ1n) is 7.13. The Hall–Kier alpha value is -1.35. The van der Waals surface area contributed by atoms with E-state index in [-0.39, 0.29) is 11.9 Å². The Bertz CT molecular complexity index is 441. The van der Waals surface area contributed by atoms with Crippen LogP contribution in [0.25, 0.3) is 0 Å². The van der Waals surface area contributed by atoms with Gasteiger partial charge in [0.1, 0.15) is 6.04 Å². The fraction of sp³-hybridized carbons (Fsp3) is 0.562. The molecule has 2 N–H and O–H groups in total. The molecule has 0 radical (unpaired) electrons. The maximum atomic E-state index is 12.5. The quantitative estimate of drug-likeness (QED) is 0.888. The van der Waals surface area contributed by atoms with Gasteiger partial charge in [0, 0.05) is 12.6 Å². The van der Waals surface area contributed by atoms with Crippen molar-refractivity contribution in [1.29, 1.82) is 0 Å². The Morgan fingerprint density at radius 2 is 1.95 bits per heavy atom. The minimum atomic E-state index is -0.534. The Morgan fingerprint density at radius 3 is 2.58 bits per heavy atom. The molecule has 1 aromatic carbocycles. The second-order valence-electron chi connectivity index (χ2n) is 5.78. The molecule has 0 aromatic heterocycles. The smallest absolute Gasteiger partial charge is 0.244 e. The zero-order valence-corrected chi connectivity index (χ0v) is 12.1. The number of hydrogen-bond acceptors (Lipinski definition) is 2. The monoisotopic (exact) mass is 260 g/mol. The van der Waals surface area contributed by atoms with Gasteiger partial charge in [-0.1, -0.05) is 36.8 Å². The van der Waals surface area contributed by atoms with Gasteiger partial charge in [0.2, 0.25) is 5.91 Å². The van der Waals surface area contributed by atoms with Crippen molar-refractivity contribution in [1.82, 2.24) is 4.90 Å². The highest BCUT2D eigenvalue weighted by atomic mass is 16.2. The zero-order valence-electron chi connectivity index (χ0n) is 12.1. The number of aryl methyl sites for hydroxylation is 1. The summed E-state index contributed by atoms with van der Waals surface area (Å²) >= 11 is 0. The van der Waals surface area contributed by atoms with Gasteiger partial charge < -0.3 is 10.6 Å². The SMILES string of the molecule is Cc1ccc(C(N)C(=O)N2CCCC(C)C2C)cc1. The molecule has 1 aliphatic rings. The predicted molar refractivity (Wildman–Crippen MR) is 77.7 cm³/mol. The summed E-state index contributed by atoms with van der Waals surface area (Å²) in [5, 5.41) is 0. The van der Waals surface area contributed by atoms with Crippen LogP contribution in [0.3, 0.4) is 0 Å². The van der Waals surface area contributed by atoms with Crippen LogP contribution in [0.5, 0.6) is 0 Å². The molecule has 1 saturated heterocycles. The number of likely N-dealkylation sites (tertiary alicyclic amines) is 1. The largest absolute Gasteiger partial charge is 0.338 e. The lowest BCUT2D eigenvalue weighted by atomic mass is 9.91. The first-order valence-corrected chi connectivity index (χ1v) is 7.13. The Kier molecular flexibility index (Phi) is 4.25. The Labute approximate surface area is 115 Å². The lowest BCUT2D eigenvalue weighted by molar-refractivity contribution is -0.137. The summed E-state index contributed by atoms with van der Waals surface area (Å²) in [7, 11) is 0.